The van der Waals surface area contributed by atoms with Crippen LogP contribution >= 0.6 is 0 Å². The predicted octanol–water partition coefficient (Wildman–Crippen LogP) is 8.10. The first-order valence-corrected chi connectivity index (χ1v) is 18.0. The lowest BCUT2D eigenvalue weighted by atomic mass is 9.87. The Kier molecular flexibility index (Phi) is 5.36. The van der Waals surface area contributed by atoms with Gasteiger partial charge in [-0.2, -0.15) is 0 Å². The van der Waals surface area contributed by atoms with Gasteiger partial charge in [-0.3, -0.25) is 0 Å². The summed E-state index contributed by atoms with van der Waals surface area (Å²) < 4.78 is 6.93. The second-order valence-electron chi connectivity index (χ2n) is 10.7. The van der Waals surface area contributed by atoms with Crippen LogP contribution in [0.5, 0.6) is 0 Å². The van der Waals surface area contributed by atoms with E-state index in [2.05, 4.69) is 107 Å². The number of hydrogen-bond acceptors (Lipinski definition) is 1. The van der Waals surface area contributed by atoms with Gasteiger partial charge in [-0.05, 0) is 53.9 Å². The van der Waals surface area contributed by atoms with Gasteiger partial charge in [-0.15, -0.1) is 0 Å². The molecule has 0 saturated heterocycles. The zero-order valence-corrected chi connectivity index (χ0v) is 21.7. The van der Waals surface area contributed by atoms with Crippen LogP contribution < -0.4 is 0 Å². The minimum atomic E-state index is -1.73. The number of hydrogen-bond donors (Lipinski definition) is 0. The van der Waals surface area contributed by atoms with Crippen LogP contribution in [0, 0.1) is 0 Å². The molecule has 2 aromatic rings. The van der Waals surface area contributed by atoms with Gasteiger partial charge in [0.05, 0.1) is 14.2 Å². The third-order valence-corrected chi connectivity index (χ3v) is 13.6. The molecule has 0 fully saturated rings. The van der Waals surface area contributed by atoms with Crippen LogP contribution in [0.15, 0.2) is 59.7 Å². The van der Waals surface area contributed by atoms with Gasteiger partial charge in [-0.1, -0.05) is 99.2 Å². The highest BCUT2D eigenvalue weighted by molar-refractivity contribution is 6.82. The molecule has 4 rings (SSSR count). The van der Waals surface area contributed by atoms with E-state index in [1.807, 2.05) is 0 Å². The van der Waals surface area contributed by atoms with Crippen LogP contribution in [0.1, 0.15) is 42.2 Å². The van der Waals surface area contributed by atoms with Crippen molar-refractivity contribution < 1.29 is 4.43 Å². The van der Waals surface area contributed by atoms with Gasteiger partial charge in [0, 0.05) is 5.04 Å². The highest BCUT2D eigenvalue weighted by Gasteiger charge is 2.51. The minimum Gasteiger partial charge on any atom is -0.407 e. The summed E-state index contributed by atoms with van der Waals surface area (Å²) in [4.78, 5) is 0. The Morgan fingerprint density at radius 1 is 0.900 bits per heavy atom. The van der Waals surface area contributed by atoms with Crippen LogP contribution in [-0.4, -0.2) is 16.4 Å². The number of fused-ring (bicyclic) bond motifs is 2. The Labute approximate surface area is 185 Å². The average molecular weight is 433 g/mol. The Balaban J connectivity index is 1.88. The zero-order chi connectivity index (χ0) is 21.7. The molecule has 0 heterocycles. The SMILES string of the molecule is CC[Si](C)(C)C(C)(C1=Cc2ccccc2C1)C1=Cc2ccccc2C1O[Si](C)(C)C. The fourth-order valence-corrected chi connectivity index (χ4v) is 8.83. The molecule has 2 aromatic carbocycles. The van der Waals surface area contributed by atoms with E-state index in [4.69, 9.17) is 4.43 Å². The monoisotopic (exact) mass is 432 g/mol. The first kappa shape index (κ1) is 21.5. The summed E-state index contributed by atoms with van der Waals surface area (Å²) in [5.74, 6) is 0. The van der Waals surface area contributed by atoms with Gasteiger partial charge in [0.1, 0.15) is 0 Å². The lowest BCUT2D eigenvalue weighted by Crippen LogP contribution is -2.44. The lowest BCUT2D eigenvalue weighted by Gasteiger charge is -2.48. The summed E-state index contributed by atoms with van der Waals surface area (Å²) in [6, 6.07) is 19.0. The van der Waals surface area contributed by atoms with Crippen molar-refractivity contribution in [3.8, 4) is 0 Å². The van der Waals surface area contributed by atoms with E-state index in [0.29, 0.717) is 0 Å². The Hall–Kier alpha value is -1.69. The van der Waals surface area contributed by atoms with Crippen LogP contribution in [0.25, 0.3) is 12.2 Å². The second kappa shape index (κ2) is 7.47. The van der Waals surface area contributed by atoms with Crippen molar-refractivity contribution in [3.63, 3.8) is 0 Å². The molecule has 2 unspecified atom stereocenters. The fourth-order valence-electron chi connectivity index (χ4n) is 5.14. The Morgan fingerprint density at radius 3 is 2.17 bits per heavy atom. The Morgan fingerprint density at radius 2 is 1.53 bits per heavy atom. The molecule has 0 aromatic heterocycles. The van der Waals surface area contributed by atoms with E-state index in [9.17, 15) is 0 Å². The lowest BCUT2D eigenvalue weighted by molar-refractivity contribution is 0.230. The quantitative estimate of drug-likeness (QED) is 0.419. The van der Waals surface area contributed by atoms with E-state index < -0.39 is 16.4 Å². The summed E-state index contributed by atoms with van der Waals surface area (Å²) >= 11 is 0. The third kappa shape index (κ3) is 3.51. The topological polar surface area (TPSA) is 9.23 Å². The van der Waals surface area contributed by atoms with Gasteiger partial charge in [-0.25, -0.2) is 0 Å². The molecule has 2 aliphatic rings. The summed E-state index contributed by atoms with van der Waals surface area (Å²) in [6.45, 7) is 17.0. The molecule has 0 radical (unpaired) electrons. The average Bonchev–Trinajstić information content (AvgIpc) is 3.28. The number of allylic oxidation sites excluding steroid dienone is 1. The molecule has 30 heavy (non-hydrogen) atoms. The van der Waals surface area contributed by atoms with Crippen molar-refractivity contribution >= 4 is 28.5 Å². The third-order valence-electron chi connectivity index (χ3n) is 7.57. The molecule has 0 saturated carbocycles. The van der Waals surface area contributed by atoms with Crippen LogP contribution in [-0.2, 0) is 10.8 Å². The number of benzene rings is 2. The van der Waals surface area contributed by atoms with Gasteiger partial charge in [0.15, 0.2) is 8.32 Å². The molecule has 0 bridgehead atoms. The van der Waals surface area contributed by atoms with Crippen molar-refractivity contribution in [2.24, 2.45) is 0 Å². The van der Waals surface area contributed by atoms with Crippen LogP contribution in [0.4, 0.5) is 0 Å². The predicted molar refractivity (Wildman–Crippen MR) is 136 cm³/mol. The van der Waals surface area contributed by atoms with Crippen LogP contribution in [0.3, 0.4) is 0 Å². The van der Waals surface area contributed by atoms with E-state index in [0.717, 1.165) is 6.42 Å². The van der Waals surface area contributed by atoms with Gasteiger partial charge < -0.3 is 4.43 Å². The van der Waals surface area contributed by atoms with Gasteiger partial charge >= 0.3 is 0 Å². The maximum atomic E-state index is 6.93. The molecule has 1 nitrogen and oxygen atoms in total. The number of rotatable bonds is 6. The highest BCUT2D eigenvalue weighted by atomic mass is 28.4. The van der Waals surface area contributed by atoms with Gasteiger partial charge in [0.25, 0.3) is 0 Å². The summed E-state index contributed by atoms with van der Waals surface area (Å²) in [5, 5.41) is 0.0596. The van der Waals surface area contributed by atoms with Crippen molar-refractivity contribution in [2.75, 3.05) is 0 Å². The minimum absolute atomic E-state index is 0.0596. The molecule has 2 aliphatic carbocycles. The van der Waals surface area contributed by atoms with Crippen molar-refractivity contribution in [1.29, 1.82) is 0 Å². The van der Waals surface area contributed by atoms with Crippen molar-refractivity contribution in [3.05, 3.63) is 81.9 Å². The van der Waals surface area contributed by atoms with Gasteiger partial charge in [0.2, 0.25) is 0 Å². The molecule has 2 atom stereocenters. The highest BCUT2D eigenvalue weighted by Crippen LogP contribution is 2.61. The Bertz CT molecular complexity index is 1030. The molecule has 0 spiro atoms. The second-order valence-corrected chi connectivity index (χ2v) is 20.7. The molecular formula is C27H36OSi2. The molecule has 0 N–H and O–H groups in total. The van der Waals surface area contributed by atoms with Crippen LogP contribution in [0.2, 0.25) is 43.8 Å². The summed E-state index contributed by atoms with van der Waals surface area (Å²) in [7, 11) is -3.39. The van der Waals surface area contributed by atoms with E-state index in [1.54, 1.807) is 5.57 Å². The molecular weight excluding hydrogens is 396 g/mol. The normalized spacial score (nSPS) is 20.3. The maximum Gasteiger partial charge on any atom is 0.185 e. The van der Waals surface area contributed by atoms with Crippen molar-refractivity contribution in [1.82, 2.24) is 0 Å². The fraction of sp³-hybridized carbons (Fsp3) is 0.407. The molecule has 3 heteroatoms. The smallest absolute Gasteiger partial charge is 0.185 e. The molecule has 0 amide bonds. The van der Waals surface area contributed by atoms with Crippen molar-refractivity contribution in [2.45, 2.75) is 70.2 Å². The van der Waals surface area contributed by atoms with E-state index in [1.165, 1.54) is 33.9 Å². The zero-order valence-electron chi connectivity index (χ0n) is 19.7. The largest absolute Gasteiger partial charge is 0.407 e. The van der Waals surface area contributed by atoms with E-state index in [-0.39, 0.29) is 11.1 Å². The maximum absolute atomic E-state index is 6.93. The van der Waals surface area contributed by atoms with E-state index >= 15 is 0 Å². The molecule has 0 aliphatic heterocycles. The molecule has 158 valence electrons. The summed E-state index contributed by atoms with van der Waals surface area (Å²) in [6.07, 6.45) is 6.13. The standard InChI is InChI=1S/C27H36OSi2/c1-8-30(6,7)27(2,23-17-20-13-9-10-14-21(20)18-23)25-19-22-15-11-12-16-24(22)26(25)28-29(3,4)5/h9-17,19,26H,8,18H2,1-7H3. The first-order valence-electron chi connectivity index (χ1n) is 11.3. The summed E-state index contributed by atoms with van der Waals surface area (Å²) in [5.41, 5.74) is 8.67. The first-order chi connectivity index (χ1) is 14.1.